The van der Waals surface area contributed by atoms with E-state index in [9.17, 15) is 0 Å². The van der Waals surface area contributed by atoms with Gasteiger partial charge in [0.25, 0.3) is 0 Å². The van der Waals surface area contributed by atoms with Gasteiger partial charge in [-0.1, -0.05) is 20.3 Å². The predicted molar refractivity (Wildman–Crippen MR) is 64.2 cm³/mol. The van der Waals surface area contributed by atoms with Gasteiger partial charge in [0.2, 0.25) is 0 Å². The third-order valence-electron chi connectivity index (χ3n) is 3.22. The first-order valence-corrected chi connectivity index (χ1v) is 6.21. The highest BCUT2D eigenvalue weighted by Crippen LogP contribution is 2.03. The monoisotopic (exact) mass is 214 g/mol. The Kier molecular flexibility index (Phi) is 6.22. The molecule has 1 fully saturated rings. The Labute approximate surface area is 94.4 Å². The van der Waals surface area contributed by atoms with Crippen LogP contribution in [0.5, 0.6) is 0 Å². The first-order valence-electron chi connectivity index (χ1n) is 6.21. The molecule has 0 radical (unpaired) electrons. The van der Waals surface area contributed by atoms with Gasteiger partial charge in [0.05, 0.1) is 13.2 Å². The summed E-state index contributed by atoms with van der Waals surface area (Å²) in [5.74, 6) is 0.819. The lowest BCUT2D eigenvalue weighted by Crippen LogP contribution is -2.41. The van der Waals surface area contributed by atoms with Crippen LogP contribution in [-0.2, 0) is 4.74 Å². The Hall–Kier alpha value is -0.120. The van der Waals surface area contributed by atoms with E-state index in [4.69, 9.17) is 4.74 Å². The number of rotatable bonds is 6. The second kappa shape index (κ2) is 7.20. The van der Waals surface area contributed by atoms with Crippen LogP contribution < -0.4 is 0 Å². The third kappa shape index (κ3) is 5.50. The highest BCUT2D eigenvalue weighted by atomic mass is 16.5. The summed E-state index contributed by atoms with van der Waals surface area (Å²) in [6.45, 7) is 12.2. The summed E-state index contributed by atoms with van der Waals surface area (Å²) in [4.78, 5) is 4.94. The van der Waals surface area contributed by atoms with Crippen LogP contribution in [0, 0.1) is 5.92 Å². The number of nitrogens with zero attached hydrogens (tertiary/aromatic N) is 2. The first-order chi connectivity index (χ1) is 7.22. The van der Waals surface area contributed by atoms with Gasteiger partial charge in [-0.05, 0) is 13.0 Å². The molecule has 0 aromatic heterocycles. The second-order valence-electron chi connectivity index (χ2n) is 4.73. The van der Waals surface area contributed by atoms with Gasteiger partial charge in [-0.2, -0.15) is 0 Å². The van der Waals surface area contributed by atoms with Crippen LogP contribution >= 0.6 is 0 Å². The van der Waals surface area contributed by atoms with E-state index in [2.05, 4.69) is 30.7 Å². The Morgan fingerprint density at radius 1 is 1.33 bits per heavy atom. The van der Waals surface area contributed by atoms with Gasteiger partial charge in [0.1, 0.15) is 0 Å². The minimum Gasteiger partial charge on any atom is -0.379 e. The van der Waals surface area contributed by atoms with Crippen molar-refractivity contribution in [3.63, 3.8) is 0 Å². The summed E-state index contributed by atoms with van der Waals surface area (Å²) in [6.07, 6.45) is 1.28. The van der Waals surface area contributed by atoms with Gasteiger partial charge >= 0.3 is 0 Å². The maximum Gasteiger partial charge on any atom is 0.0594 e. The van der Waals surface area contributed by atoms with Crippen molar-refractivity contribution < 1.29 is 4.74 Å². The minimum absolute atomic E-state index is 0.819. The first kappa shape index (κ1) is 12.9. The van der Waals surface area contributed by atoms with Crippen molar-refractivity contribution in [2.45, 2.75) is 20.3 Å². The Balaban J connectivity index is 2.07. The number of hydrogen-bond donors (Lipinski definition) is 0. The van der Waals surface area contributed by atoms with E-state index in [0.29, 0.717) is 0 Å². The molecule has 1 saturated heterocycles. The molecule has 0 aliphatic carbocycles. The molecule has 3 heteroatoms. The maximum atomic E-state index is 5.33. The molecule has 1 unspecified atom stereocenters. The summed E-state index contributed by atoms with van der Waals surface area (Å²) in [6, 6.07) is 0. The van der Waals surface area contributed by atoms with Crippen LogP contribution in [-0.4, -0.2) is 62.8 Å². The Bertz CT molecular complexity index is 158. The van der Waals surface area contributed by atoms with Gasteiger partial charge in [0, 0.05) is 32.7 Å². The normalized spacial score (nSPS) is 20.8. The number of hydrogen-bond acceptors (Lipinski definition) is 3. The molecule has 90 valence electrons. The van der Waals surface area contributed by atoms with Crippen LogP contribution in [0.1, 0.15) is 20.3 Å². The number of morpholine rings is 1. The van der Waals surface area contributed by atoms with Gasteiger partial charge in [-0.3, -0.25) is 4.90 Å². The van der Waals surface area contributed by atoms with Crippen LogP contribution in [0.2, 0.25) is 0 Å². The molecule has 1 heterocycles. The molecule has 15 heavy (non-hydrogen) atoms. The Morgan fingerprint density at radius 3 is 2.60 bits per heavy atom. The average molecular weight is 214 g/mol. The topological polar surface area (TPSA) is 15.7 Å². The second-order valence-corrected chi connectivity index (χ2v) is 4.73. The molecule has 0 bridgehead atoms. The van der Waals surface area contributed by atoms with Crippen molar-refractivity contribution >= 4 is 0 Å². The molecule has 1 aliphatic rings. The molecule has 1 atom stereocenters. The van der Waals surface area contributed by atoms with Gasteiger partial charge in [0.15, 0.2) is 0 Å². The van der Waals surface area contributed by atoms with Crippen LogP contribution in [0.3, 0.4) is 0 Å². The Morgan fingerprint density at radius 2 is 2.00 bits per heavy atom. The van der Waals surface area contributed by atoms with Crippen LogP contribution in [0.15, 0.2) is 0 Å². The van der Waals surface area contributed by atoms with Crippen molar-refractivity contribution in [2.75, 3.05) is 53.0 Å². The van der Waals surface area contributed by atoms with E-state index in [1.807, 2.05) is 0 Å². The number of likely N-dealkylation sites (N-methyl/N-ethyl adjacent to an activating group) is 1. The molecule has 0 saturated carbocycles. The summed E-state index contributed by atoms with van der Waals surface area (Å²) in [7, 11) is 2.23. The highest BCUT2D eigenvalue weighted by Gasteiger charge is 2.11. The molecule has 0 aromatic rings. The molecule has 1 rings (SSSR count). The fraction of sp³-hybridized carbons (Fsp3) is 1.00. The average Bonchev–Trinajstić information content (AvgIpc) is 2.27. The molecule has 3 nitrogen and oxygen atoms in total. The molecular weight excluding hydrogens is 188 g/mol. The minimum atomic E-state index is 0.819. The summed E-state index contributed by atoms with van der Waals surface area (Å²) in [5.41, 5.74) is 0. The van der Waals surface area contributed by atoms with E-state index < -0.39 is 0 Å². The van der Waals surface area contributed by atoms with E-state index >= 15 is 0 Å². The molecular formula is C12H26N2O. The maximum absolute atomic E-state index is 5.33. The van der Waals surface area contributed by atoms with Gasteiger partial charge in [-0.15, -0.1) is 0 Å². The van der Waals surface area contributed by atoms with Crippen molar-refractivity contribution in [2.24, 2.45) is 5.92 Å². The zero-order chi connectivity index (χ0) is 11.1. The quantitative estimate of drug-likeness (QED) is 0.663. The lowest BCUT2D eigenvalue weighted by atomic mass is 10.1. The van der Waals surface area contributed by atoms with Crippen molar-refractivity contribution in [1.29, 1.82) is 0 Å². The van der Waals surface area contributed by atoms with Crippen molar-refractivity contribution in [3.8, 4) is 0 Å². The van der Waals surface area contributed by atoms with Gasteiger partial charge < -0.3 is 9.64 Å². The predicted octanol–water partition coefficient (Wildman–Crippen LogP) is 1.30. The SMILES string of the molecule is CCC(C)CN(C)CCN1CCOCC1. The van der Waals surface area contributed by atoms with Crippen LogP contribution in [0.25, 0.3) is 0 Å². The molecule has 0 spiro atoms. The smallest absolute Gasteiger partial charge is 0.0594 e. The van der Waals surface area contributed by atoms with Gasteiger partial charge in [-0.25, -0.2) is 0 Å². The number of ether oxygens (including phenoxy) is 1. The summed E-state index contributed by atoms with van der Waals surface area (Å²) < 4.78 is 5.33. The largest absolute Gasteiger partial charge is 0.379 e. The molecule has 0 aromatic carbocycles. The fourth-order valence-corrected chi connectivity index (χ4v) is 1.89. The van der Waals surface area contributed by atoms with Crippen molar-refractivity contribution in [1.82, 2.24) is 9.80 Å². The third-order valence-corrected chi connectivity index (χ3v) is 3.22. The summed E-state index contributed by atoms with van der Waals surface area (Å²) in [5, 5.41) is 0. The zero-order valence-corrected chi connectivity index (χ0v) is 10.5. The van der Waals surface area contributed by atoms with E-state index in [0.717, 1.165) is 32.2 Å². The lowest BCUT2D eigenvalue weighted by molar-refractivity contribution is 0.0340. The van der Waals surface area contributed by atoms with Crippen molar-refractivity contribution in [3.05, 3.63) is 0 Å². The van der Waals surface area contributed by atoms with E-state index in [-0.39, 0.29) is 0 Å². The van der Waals surface area contributed by atoms with Crippen LogP contribution in [0.4, 0.5) is 0 Å². The van der Waals surface area contributed by atoms with E-state index in [1.54, 1.807) is 0 Å². The highest BCUT2D eigenvalue weighted by molar-refractivity contribution is 4.65. The lowest BCUT2D eigenvalue weighted by Gasteiger charge is -2.29. The standard InChI is InChI=1S/C12H26N2O/c1-4-12(2)11-13(3)5-6-14-7-9-15-10-8-14/h12H,4-11H2,1-3H3. The molecule has 0 N–H and O–H groups in total. The molecule has 1 aliphatic heterocycles. The zero-order valence-electron chi connectivity index (χ0n) is 10.5. The van der Waals surface area contributed by atoms with E-state index in [1.165, 1.54) is 26.1 Å². The molecule has 0 amide bonds. The summed E-state index contributed by atoms with van der Waals surface area (Å²) >= 11 is 0. The fourth-order valence-electron chi connectivity index (χ4n) is 1.89.